The minimum absolute atomic E-state index is 0.550. The average Bonchev–Trinajstić information content (AvgIpc) is 2.87. The summed E-state index contributed by atoms with van der Waals surface area (Å²) < 4.78 is 5.39. The van der Waals surface area contributed by atoms with E-state index in [4.69, 9.17) is 4.52 Å². The first-order valence-electron chi connectivity index (χ1n) is 6.97. The van der Waals surface area contributed by atoms with Crippen molar-refractivity contribution in [3.05, 3.63) is 41.6 Å². The van der Waals surface area contributed by atoms with Crippen LogP contribution in [0, 0.1) is 0 Å². The number of hydrogen-bond acceptors (Lipinski definition) is 3. The number of aromatic nitrogens is 1. The molecule has 0 unspecified atom stereocenters. The van der Waals surface area contributed by atoms with E-state index in [1.165, 1.54) is 5.56 Å². The van der Waals surface area contributed by atoms with Gasteiger partial charge >= 0.3 is 0 Å². The third-order valence-corrected chi connectivity index (χ3v) is 3.23. The second-order valence-electron chi connectivity index (χ2n) is 5.13. The molecule has 3 nitrogen and oxygen atoms in total. The van der Waals surface area contributed by atoms with Crippen molar-refractivity contribution in [2.24, 2.45) is 0 Å². The van der Waals surface area contributed by atoms with Crippen LogP contribution in [0.25, 0.3) is 11.3 Å². The molecular formula is C16H22N2O. The second kappa shape index (κ2) is 6.53. The van der Waals surface area contributed by atoms with E-state index in [0.29, 0.717) is 5.92 Å². The van der Waals surface area contributed by atoms with Crippen LogP contribution in [-0.4, -0.2) is 11.7 Å². The minimum atomic E-state index is 0.550. The van der Waals surface area contributed by atoms with Crippen molar-refractivity contribution in [2.45, 2.75) is 39.7 Å². The highest BCUT2D eigenvalue weighted by Gasteiger charge is 2.10. The van der Waals surface area contributed by atoms with Gasteiger partial charge in [-0.3, -0.25) is 0 Å². The molecule has 0 atom stereocenters. The van der Waals surface area contributed by atoms with Gasteiger partial charge in [-0.2, -0.15) is 0 Å². The number of nitrogens with zero attached hydrogens (tertiary/aromatic N) is 1. The van der Waals surface area contributed by atoms with Crippen LogP contribution >= 0.6 is 0 Å². The lowest BCUT2D eigenvalue weighted by Gasteiger charge is -2.06. The lowest BCUT2D eigenvalue weighted by atomic mass is 10.0. The van der Waals surface area contributed by atoms with Crippen LogP contribution < -0.4 is 5.32 Å². The SMILES string of the molecule is CCCNCc1cnoc1-c1ccc(C(C)C)cc1. The maximum Gasteiger partial charge on any atom is 0.171 e. The van der Waals surface area contributed by atoms with Crippen molar-refractivity contribution >= 4 is 0 Å². The van der Waals surface area contributed by atoms with Gasteiger partial charge in [-0.15, -0.1) is 0 Å². The number of benzene rings is 1. The number of hydrogen-bond donors (Lipinski definition) is 1. The normalized spacial score (nSPS) is 11.2. The molecule has 0 spiro atoms. The monoisotopic (exact) mass is 258 g/mol. The Morgan fingerprint density at radius 2 is 1.95 bits per heavy atom. The van der Waals surface area contributed by atoms with Gasteiger partial charge in [0.1, 0.15) is 0 Å². The molecule has 3 heteroatoms. The van der Waals surface area contributed by atoms with E-state index in [1.54, 1.807) is 6.20 Å². The molecular weight excluding hydrogens is 236 g/mol. The van der Waals surface area contributed by atoms with E-state index in [9.17, 15) is 0 Å². The molecule has 1 aromatic heterocycles. The predicted octanol–water partition coefficient (Wildman–Crippen LogP) is 3.96. The fraction of sp³-hybridized carbons (Fsp3) is 0.438. The van der Waals surface area contributed by atoms with Gasteiger partial charge < -0.3 is 9.84 Å². The van der Waals surface area contributed by atoms with Crippen molar-refractivity contribution < 1.29 is 4.52 Å². The van der Waals surface area contributed by atoms with Crippen molar-refractivity contribution in [2.75, 3.05) is 6.54 Å². The van der Waals surface area contributed by atoms with E-state index in [-0.39, 0.29) is 0 Å². The molecule has 0 bridgehead atoms. The molecule has 0 amide bonds. The quantitative estimate of drug-likeness (QED) is 0.797. The standard InChI is InChI=1S/C16H22N2O/c1-4-9-17-10-15-11-18-19-16(15)14-7-5-13(6-8-14)12(2)3/h5-8,11-12,17H,4,9-10H2,1-3H3. The molecule has 1 aromatic carbocycles. The highest BCUT2D eigenvalue weighted by Crippen LogP contribution is 2.25. The van der Waals surface area contributed by atoms with Gasteiger partial charge in [0, 0.05) is 17.7 Å². The molecule has 0 aliphatic heterocycles. The Balaban J connectivity index is 2.15. The average molecular weight is 258 g/mol. The third-order valence-electron chi connectivity index (χ3n) is 3.23. The maximum absolute atomic E-state index is 5.39. The zero-order valence-electron chi connectivity index (χ0n) is 11.9. The van der Waals surface area contributed by atoms with Gasteiger partial charge in [0.25, 0.3) is 0 Å². The molecule has 1 N–H and O–H groups in total. The third kappa shape index (κ3) is 3.44. The van der Waals surface area contributed by atoms with Crippen molar-refractivity contribution in [1.82, 2.24) is 10.5 Å². The lowest BCUT2D eigenvalue weighted by molar-refractivity contribution is 0.431. The second-order valence-corrected chi connectivity index (χ2v) is 5.13. The molecule has 2 rings (SSSR count). The lowest BCUT2D eigenvalue weighted by Crippen LogP contribution is -2.13. The van der Waals surface area contributed by atoms with Crippen molar-refractivity contribution in [1.29, 1.82) is 0 Å². The summed E-state index contributed by atoms with van der Waals surface area (Å²) in [6.45, 7) is 8.37. The first-order valence-corrected chi connectivity index (χ1v) is 6.97. The van der Waals surface area contributed by atoms with Crippen LogP contribution in [0.15, 0.2) is 35.0 Å². The number of rotatable bonds is 6. The Bertz CT molecular complexity index is 500. The number of nitrogens with one attached hydrogen (secondary N) is 1. The molecule has 0 aliphatic rings. The zero-order valence-corrected chi connectivity index (χ0v) is 11.9. The van der Waals surface area contributed by atoms with Crippen LogP contribution in [0.1, 0.15) is 44.2 Å². The van der Waals surface area contributed by atoms with Crippen molar-refractivity contribution in [3.8, 4) is 11.3 Å². The van der Waals surface area contributed by atoms with Gasteiger partial charge in [0.2, 0.25) is 0 Å². The Hall–Kier alpha value is -1.61. The van der Waals surface area contributed by atoms with Crippen LogP contribution in [0.5, 0.6) is 0 Å². The first-order chi connectivity index (χ1) is 9.22. The molecule has 0 aliphatic carbocycles. The Morgan fingerprint density at radius 1 is 1.21 bits per heavy atom. The summed E-state index contributed by atoms with van der Waals surface area (Å²) in [6, 6.07) is 8.54. The highest BCUT2D eigenvalue weighted by molar-refractivity contribution is 5.61. The highest BCUT2D eigenvalue weighted by atomic mass is 16.5. The fourth-order valence-electron chi connectivity index (χ4n) is 2.04. The van der Waals surface area contributed by atoms with E-state index in [2.05, 4.69) is 55.5 Å². The summed E-state index contributed by atoms with van der Waals surface area (Å²) in [4.78, 5) is 0. The van der Waals surface area contributed by atoms with Crippen molar-refractivity contribution in [3.63, 3.8) is 0 Å². The molecule has 102 valence electrons. The smallest absolute Gasteiger partial charge is 0.171 e. The van der Waals surface area contributed by atoms with E-state index in [0.717, 1.165) is 36.4 Å². The Labute approximate surface area is 115 Å². The summed E-state index contributed by atoms with van der Waals surface area (Å²) >= 11 is 0. The molecule has 0 radical (unpaired) electrons. The summed E-state index contributed by atoms with van der Waals surface area (Å²) in [7, 11) is 0. The summed E-state index contributed by atoms with van der Waals surface area (Å²) in [6.07, 6.45) is 2.93. The minimum Gasteiger partial charge on any atom is -0.356 e. The van der Waals surface area contributed by atoms with E-state index >= 15 is 0 Å². The van der Waals surface area contributed by atoms with Crippen LogP contribution in [0.3, 0.4) is 0 Å². The Morgan fingerprint density at radius 3 is 2.58 bits per heavy atom. The summed E-state index contributed by atoms with van der Waals surface area (Å²) in [5, 5.41) is 7.30. The maximum atomic E-state index is 5.39. The van der Waals surface area contributed by atoms with Crippen LogP contribution in [0.2, 0.25) is 0 Å². The molecule has 0 fully saturated rings. The fourth-order valence-corrected chi connectivity index (χ4v) is 2.04. The predicted molar refractivity (Wildman–Crippen MR) is 78.0 cm³/mol. The van der Waals surface area contributed by atoms with Crippen LogP contribution in [0.4, 0.5) is 0 Å². The largest absolute Gasteiger partial charge is 0.356 e. The molecule has 1 heterocycles. The molecule has 0 saturated heterocycles. The zero-order chi connectivity index (χ0) is 13.7. The van der Waals surface area contributed by atoms with E-state index in [1.807, 2.05) is 0 Å². The van der Waals surface area contributed by atoms with Gasteiger partial charge in [-0.05, 0) is 24.4 Å². The van der Waals surface area contributed by atoms with Gasteiger partial charge in [0.05, 0.1) is 6.20 Å². The summed E-state index contributed by atoms with van der Waals surface area (Å²) in [5.74, 6) is 1.42. The molecule has 2 aromatic rings. The Kier molecular flexibility index (Phi) is 4.74. The molecule has 19 heavy (non-hydrogen) atoms. The topological polar surface area (TPSA) is 38.1 Å². The summed E-state index contributed by atoms with van der Waals surface area (Å²) in [5.41, 5.74) is 3.55. The van der Waals surface area contributed by atoms with Gasteiger partial charge in [-0.1, -0.05) is 50.2 Å². The van der Waals surface area contributed by atoms with E-state index < -0.39 is 0 Å². The van der Waals surface area contributed by atoms with Crippen LogP contribution in [-0.2, 0) is 6.54 Å². The molecule has 0 saturated carbocycles. The first kappa shape index (κ1) is 13.8. The van der Waals surface area contributed by atoms with Gasteiger partial charge in [0.15, 0.2) is 5.76 Å². The van der Waals surface area contributed by atoms with Gasteiger partial charge in [-0.25, -0.2) is 0 Å².